The van der Waals surface area contributed by atoms with Crippen LogP contribution < -0.4 is 0 Å². The van der Waals surface area contributed by atoms with Crippen molar-refractivity contribution in [2.24, 2.45) is 0 Å². The zero-order chi connectivity index (χ0) is 14.5. The fourth-order valence-electron chi connectivity index (χ4n) is 1.15. The Morgan fingerprint density at radius 3 is 2.00 bits per heavy atom. The summed E-state index contributed by atoms with van der Waals surface area (Å²) in [6, 6.07) is 0. The van der Waals surface area contributed by atoms with E-state index in [4.69, 9.17) is 19.3 Å². The molecule has 0 saturated heterocycles. The maximum absolute atomic E-state index is 9.17. The van der Waals surface area contributed by atoms with E-state index in [2.05, 4.69) is 19.7 Å². The van der Waals surface area contributed by atoms with Gasteiger partial charge >= 0.3 is 0 Å². The Balaban J connectivity index is 3.91. The van der Waals surface area contributed by atoms with Crippen molar-refractivity contribution < 1.29 is 24.4 Å². The quantitative estimate of drug-likeness (QED) is 0.298. The maximum Gasteiger partial charge on any atom is 0.173 e. The van der Waals surface area contributed by atoms with E-state index < -0.39 is 6.29 Å². The van der Waals surface area contributed by atoms with Crippen LogP contribution in [0.1, 0.15) is 6.42 Å². The Bertz CT molecular complexity index is 254. The highest BCUT2D eigenvalue weighted by atomic mass is 16.6. The molecule has 0 rings (SSSR count). The third kappa shape index (κ3) is 9.58. The first-order chi connectivity index (χ1) is 9.17. The van der Waals surface area contributed by atoms with Crippen molar-refractivity contribution in [2.75, 3.05) is 26.4 Å². The summed E-state index contributed by atoms with van der Waals surface area (Å²) in [5, 5.41) is 17.8. The molecule has 0 aromatic rings. The molecule has 0 aliphatic rings. The Labute approximate surface area is 114 Å². The summed E-state index contributed by atoms with van der Waals surface area (Å²) in [4.78, 5) is 0. The Morgan fingerprint density at radius 2 is 1.47 bits per heavy atom. The molecule has 5 nitrogen and oxygen atoms in total. The van der Waals surface area contributed by atoms with Crippen LogP contribution in [0.15, 0.2) is 38.0 Å². The van der Waals surface area contributed by atoms with Crippen LogP contribution in [0.3, 0.4) is 0 Å². The van der Waals surface area contributed by atoms with Crippen molar-refractivity contribution in [3.05, 3.63) is 38.0 Å². The highest BCUT2D eigenvalue weighted by Gasteiger charge is 2.11. The van der Waals surface area contributed by atoms with Gasteiger partial charge in [-0.15, -0.1) is 13.2 Å². The van der Waals surface area contributed by atoms with E-state index in [0.29, 0.717) is 19.6 Å². The van der Waals surface area contributed by atoms with Gasteiger partial charge in [-0.1, -0.05) is 18.7 Å². The fraction of sp³-hybridized carbons (Fsp3) is 0.571. The first-order valence-corrected chi connectivity index (χ1v) is 6.19. The van der Waals surface area contributed by atoms with E-state index in [1.54, 1.807) is 12.2 Å². The van der Waals surface area contributed by atoms with Crippen LogP contribution in [0.5, 0.6) is 0 Å². The molecule has 5 heteroatoms. The smallest absolute Gasteiger partial charge is 0.173 e. The molecule has 0 aromatic carbocycles. The van der Waals surface area contributed by atoms with E-state index >= 15 is 0 Å². The molecule has 2 N–H and O–H groups in total. The monoisotopic (exact) mass is 272 g/mol. The lowest BCUT2D eigenvalue weighted by atomic mass is 10.3. The van der Waals surface area contributed by atoms with Gasteiger partial charge in [-0.3, -0.25) is 0 Å². The van der Waals surface area contributed by atoms with Crippen molar-refractivity contribution in [1.82, 2.24) is 0 Å². The van der Waals surface area contributed by atoms with Crippen LogP contribution in [0, 0.1) is 0 Å². The molecule has 3 unspecified atom stereocenters. The highest BCUT2D eigenvalue weighted by Crippen LogP contribution is 2.02. The number of ether oxygens (including phenoxy) is 3. The van der Waals surface area contributed by atoms with Gasteiger partial charge in [0.15, 0.2) is 6.29 Å². The van der Waals surface area contributed by atoms with E-state index in [1.165, 1.54) is 6.08 Å². The summed E-state index contributed by atoms with van der Waals surface area (Å²) < 4.78 is 16.0. The first kappa shape index (κ1) is 18.0. The van der Waals surface area contributed by atoms with Crippen molar-refractivity contribution in [3.63, 3.8) is 0 Å². The molecule has 3 atom stereocenters. The standard InChI is InChI=1S/C14H24O5/c1-4-12(17-9-7-8-15)10-18-13(5-2)11-19-14(16)6-3/h4-6,12-16H,1-3,7-11H2. The molecule has 0 aliphatic heterocycles. The fourth-order valence-corrected chi connectivity index (χ4v) is 1.15. The van der Waals surface area contributed by atoms with Gasteiger partial charge in [-0.25, -0.2) is 0 Å². The van der Waals surface area contributed by atoms with E-state index in [1.807, 2.05) is 0 Å². The van der Waals surface area contributed by atoms with Gasteiger partial charge in [0.1, 0.15) is 0 Å². The van der Waals surface area contributed by atoms with Crippen LogP contribution in [0.4, 0.5) is 0 Å². The minimum atomic E-state index is -1.01. The number of aliphatic hydroxyl groups excluding tert-OH is 2. The number of rotatable bonds is 13. The predicted octanol–water partition coefficient (Wildman–Crippen LogP) is 1.03. The topological polar surface area (TPSA) is 68.2 Å². The van der Waals surface area contributed by atoms with Gasteiger partial charge in [0, 0.05) is 13.2 Å². The average molecular weight is 272 g/mol. The summed E-state index contributed by atoms with van der Waals surface area (Å²) in [6.07, 6.45) is 3.47. The van der Waals surface area contributed by atoms with Crippen molar-refractivity contribution in [2.45, 2.75) is 24.9 Å². The Morgan fingerprint density at radius 1 is 0.895 bits per heavy atom. The maximum atomic E-state index is 9.17. The molecule has 0 radical (unpaired) electrons. The molecule has 0 bridgehead atoms. The molecule has 0 saturated carbocycles. The largest absolute Gasteiger partial charge is 0.396 e. The minimum Gasteiger partial charge on any atom is -0.396 e. The lowest BCUT2D eigenvalue weighted by molar-refractivity contribution is -0.103. The van der Waals surface area contributed by atoms with Crippen molar-refractivity contribution in [1.29, 1.82) is 0 Å². The van der Waals surface area contributed by atoms with Crippen LogP contribution in [0.25, 0.3) is 0 Å². The van der Waals surface area contributed by atoms with Crippen LogP contribution in [-0.2, 0) is 14.2 Å². The molecule has 0 spiro atoms. The summed E-state index contributed by atoms with van der Waals surface area (Å²) >= 11 is 0. The summed E-state index contributed by atoms with van der Waals surface area (Å²) in [5.41, 5.74) is 0. The minimum absolute atomic E-state index is 0.0906. The third-order valence-corrected chi connectivity index (χ3v) is 2.27. The second kappa shape index (κ2) is 12.1. The second-order valence-electron chi connectivity index (χ2n) is 3.79. The zero-order valence-electron chi connectivity index (χ0n) is 11.2. The molecular weight excluding hydrogens is 248 g/mol. The lowest BCUT2D eigenvalue weighted by Gasteiger charge is -2.19. The predicted molar refractivity (Wildman–Crippen MR) is 73.7 cm³/mol. The molecule has 0 aromatic heterocycles. The van der Waals surface area contributed by atoms with E-state index in [0.717, 1.165) is 0 Å². The van der Waals surface area contributed by atoms with Crippen LogP contribution in [-0.4, -0.2) is 55.1 Å². The van der Waals surface area contributed by atoms with Gasteiger partial charge in [0.2, 0.25) is 0 Å². The van der Waals surface area contributed by atoms with Crippen LogP contribution >= 0.6 is 0 Å². The molecular formula is C14H24O5. The molecule has 0 fully saturated rings. The van der Waals surface area contributed by atoms with Crippen molar-refractivity contribution in [3.8, 4) is 0 Å². The van der Waals surface area contributed by atoms with Crippen LogP contribution in [0.2, 0.25) is 0 Å². The molecule has 110 valence electrons. The third-order valence-electron chi connectivity index (χ3n) is 2.27. The average Bonchev–Trinajstić information content (AvgIpc) is 2.45. The van der Waals surface area contributed by atoms with Gasteiger partial charge in [0.05, 0.1) is 25.4 Å². The summed E-state index contributed by atoms with van der Waals surface area (Å²) in [6.45, 7) is 11.7. The summed E-state index contributed by atoms with van der Waals surface area (Å²) in [7, 11) is 0. The van der Waals surface area contributed by atoms with E-state index in [-0.39, 0.29) is 25.4 Å². The molecule has 19 heavy (non-hydrogen) atoms. The number of hydrogen-bond acceptors (Lipinski definition) is 5. The Kier molecular flexibility index (Phi) is 11.5. The molecule has 0 aliphatic carbocycles. The van der Waals surface area contributed by atoms with Gasteiger partial charge in [0.25, 0.3) is 0 Å². The lowest BCUT2D eigenvalue weighted by Crippen LogP contribution is -2.26. The second-order valence-corrected chi connectivity index (χ2v) is 3.79. The van der Waals surface area contributed by atoms with Gasteiger partial charge < -0.3 is 24.4 Å². The molecule has 0 amide bonds. The van der Waals surface area contributed by atoms with E-state index in [9.17, 15) is 5.11 Å². The zero-order valence-corrected chi connectivity index (χ0v) is 11.2. The van der Waals surface area contributed by atoms with Gasteiger partial charge in [-0.2, -0.15) is 0 Å². The number of hydrogen-bond donors (Lipinski definition) is 2. The van der Waals surface area contributed by atoms with Crippen molar-refractivity contribution >= 4 is 0 Å². The highest BCUT2D eigenvalue weighted by molar-refractivity contribution is 4.84. The number of aliphatic hydroxyl groups is 2. The SMILES string of the molecule is C=CC(O)OCC(C=C)OCC(C=C)OCCCO. The van der Waals surface area contributed by atoms with Gasteiger partial charge in [-0.05, 0) is 12.5 Å². The first-order valence-electron chi connectivity index (χ1n) is 6.19. The normalized spacial score (nSPS) is 15.5. The summed E-state index contributed by atoms with van der Waals surface area (Å²) in [5.74, 6) is 0. The molecule has 0 heterocycles. The Hall–Kier alpha value is -0.980.